The van der Waals surface area contributed by atoms with Crippen molar-refractivity contribution >= 4 is 23.4 Å². The Kier molecular flexibility index (Phi) is 7.49. The van der Waals surface area contributed by atoms with Gasteiger partial charge in [-0.3, -0.25) is 4.98 Å². The molecule has 0 aromatic carbocycles. The standard InChI is InChI=1S/C24H28FN9O3/c1-14-20(34-28-6-7-29-34)10-16(12-27-14)30-21-15(11-26)9-17(25)22(33-21)31-18-5-8-36-13-19(18)32-23(35)37-24(2,3)4/h6-7,9-10,12,18-19H,5,8,13H2,1-4H3,(H,32,35)(H2,30,31,33)/t18-,19+/m1/s1. The smallest absolute Gasteiger partial charge is 0.408 e. The van der Waals surface area contributed by atoms with Gasteiger partial charge in [0.2, 0.25) is 0 Å². The molecule has 1 aliphatic rings. The molecule has 3 aromatic heterocycles. The molecule has 0 spiro atoms. The third kappa shape index (κ3) is 6.47. The van der Waals surface area contributed by atoms with Crippen LogP contribution in [0.15, 0.2) is 30.7 Å². The number of hydrogen-bond acceptors (Lipinski definition) is 10. The number of aromatic nitrogens is 5. The molecule has 4 rings (SSSR count). The van der Waals surface area contributed by atoms with Gasteiger partial charge < -0.3 is 25.4 Å². The van der Waals surface area contributed by atoms with Crippen LogP contribution in [-0.2, 0) is 9.47 Å². The second kappa shape index (κ2) is 10.8. The van der Waals surface area contributed by atoms with Crippen LogP contribution in [0.2, 0.25) is 0 Å². The van der Waals surface area contributed by atoms with Crippen molar-refractivity contribution in [3.63, 3.8) is 0 Å². The Morgan fingerprint density at radius 2 is 2.00 bits per heavy atom. The minimum atomic E-state index is -0.701. The van der Waals surface area contributed by atoms with Gasteiger partial charge in [-0.15, -0.1) is 4.80 Å². The Bertz CT molecular complexity index is 1300. The molecule has 194 valence electrons. The molecule has 12 nitrogen and oxygen atoms in total. The highest BCUT2D eigenvalue weighted by atomic mass is 19.1. The van der Waals surface area contributed by atoms with Gasteiger partial charge in [0.05, 0.1) is 54.2 Å². The summed E-state index contributed by atoms with van der Waals surface area (Å²) in [5, 5.41) is 26.7. The maximum Gasteiger partial charge on any atom is 0.408 e. The third-order valence-corrected chi connectivity index (χ3v) is 5.43. The number of anilines is 3. The minimum absolute atomic E-state index is 0.0118. The van der Waals surface area contributed by atoms with Crippen molar-refractivity contribution in [2.24, 2.45) is 0 Å². The van der Waals surface area contributed by atoms with Gasteiger partial charge in [0.1, 0.15) is 17.4 Å². The molecule has 1 amide bonds. The second-order valence-electron chi connectivity index (χ2n) is 9.47. The van der Waals surface area contributed by atoms with Crippen molar-refractivity contribution in [1.29, 1.82) is 5.26 Å². The minimum Gasteiger partial charge on any atom is -0.444 e. The molecule has 37 heavy (non-hydrogen) atoms. The summed E-state index contributed by atoms with van der Waals surface area (Å²) in [7, 11) is 0. The number of pyridine rings is 2. The number of nitrogens with zero attached hydrogens (tertiary/aromatic N) is 6. The van der Waals surface area contributed by atoms with Crippen molar-refractivity contribution in [2.45, 2.75) is 51.8 Å². The number of amides is 1. The first-order valence-corrected chi connectivity index (χ1v) is 11.7. The first kappa shape index (κ1) is 25.8. The lowest BCUT2D eigenvalue weighted by Gasteiger charge is -2.33. The van der Waals surface area contributed by atoms with Crippen molar-refractivity contribution in [3.8, 4) is 11.8 Å². The van der Waals surface area contributed by atoms with Gasteiger partial charge in [-0.05, 0) is 46.2 Å². The lowest BCUT2D eigenvalue weighted by Crippen LogP contribution is -2.53. The van der Waals surface area contributed by atoms with Crippen LogP contribution in [0.5, 0.6) is 0 Å². The van der Waals surface area contributed by atoms with Crippen molar-refractivity contribution < 1.29 is 18.7 Å². The molecule has 0 radical (unpaired) electrons. The van der Waals surface area contributed by atoms with Crippen LogP contribution < -0.4 is 16.0 Å². The second-order valence-corrected chi connectivity index (χ2v) is 9.47. The van der Waals surface area contributed by atoms with E-state index in [9.17, 15) is 14.4 Å². The molecule has 13 heteroatoms. The van der Waals surface area contributed by atoms with Crippen LogP contribution in [0.1, 0.15) is 38.4 Å². The van der Waals surface area contributed by atoms with Crippen LogP contribution >= 0.6 is 0 Å². The predicted molar refractivity (Wildman–Crippen MR) is 132 cm³/mol. The molecule has 1 saturated heterocycles. The van der Waals surface area contributed by atoms with E-state index >= 15 is 0 Å². The quantitative estimate of drug-likeness (QED) is 0.452. The summed E-state index contributed by atoms with van der Waals surface area (Å²) in [5.74, 6) is -0.633. The lowest BCUT2D eigenvalue weighted by molar-refractivity contribution is 0.0317. The number of rotatable bonds is 6. The van der Waals surface area contributed by atoms with Crippen LogP contribution in [0, 0.1) is 24.1 Å². The Balaban J connectivity index is 1.56. The van der Waals surface area contributed by atoms with E-state index in [-0.39, 0.29) is 29.8 Å². The summed E-state index contributed by atoms with van der Waals surface area (Å²) in [6, 6.07) is 3.94. The zero-order valence-corrected chi connectivity index (χ0v) is 20.9. The van der Waals surface area contributed by atoms with E-state index < -0.39 is 23.6 Å². The normalized spacial score (nSPS) is 17.5. The maximum atomic E-state index is 14.9. The van der Waals surface area contributed by atoms with E-state index in [1.165, 1.54) is 4.80 Å². The molecule has 0 saturated carbocycles. The third-order valence-electron chi connectivity index (χ3n) is 5.43. The fraction of sp³-hybridized carbons (Fsp3) is 0.417. The Morgan fingerprint density at radius 3 is 2.70 bits per heavy atom. The van der Waals surface area contributed by atoms with Gasteiger partial charge in [0.15, 0.2) is 17.5 Å². The van der Waals surface area contributed by atoms with Crippen LogP contribution in [0.4, 0.5) is 26.5 Å². The molecule has 0 bridgehead atoms. The van der Waals surface area contributed by atoms with E-state index in [4.69, 9.17) is 9.47 Å². The van der Waals surface area contributed by atoms with Crippen LogP contribution in [0.25, 0.3) is 5.69 Å². The van der Waals surface area contributed by atoms with Crippen molar-refractivity contribution in [3.05, 3.63) is 47.8 Å². The van der Waals surface area contributed by atoms with Crippen LogP contribution in [-0.4, -0.2) is 62.0 Å². The topological polar surface area (TPSA) is 152 Å². The van der Waals surface area contributed by atoms with Gasteiger partial charge >= 0.3 is 6.09 Å². The molecular formula is C24H28FN9O3. The fourth-order valence-corrected chi connectivity index (χ4v) is 3.73. The fourth-order valence-electron chi connectivity index (χ4n) is 3.73. The molecule has 1 aliphatic heterocycles. The highest BCUT2D eigenvalue weighted by Gasteiger charge is 2.30. The van der Waals surface area contributed by atoms with Gasteiger partial charge in [-0.25, -0.2) is 14.2 Å². The average molecular weight is 510 g/mol. The number of nitrogens with one attached hydrogen (secondary N) is 3. The number of nitriles is 1. The van der Waals surface area contributed by atoms with E-state index in [1.54, 1.807) is 45.4 Å². The average Bonchev–Trinajstić information content (AvgIpc) is 3.37. The molecule has 3 aromatic rings. The van der Waals surface area contributed by atoms with E-state index in [2.05, 4.69) is 36.1 Å². The monoisotopic (exact) mass is 509 g/mol. The molecular weight excluding hydrogens is 481 g/mol. The molecule has 0 unspecified atom stereocenters. The number of ether oxygens (including phenoxy) is 2. The Hall–Kier alpha value is -4.31. The van der Waals surface area contributed by atoms with Gasteiger partial charge in [0, 0.05) is 6.61 Å². The Morgan fingerprint density at radius 1 is 1.24 bits per heavy atom. The highest BCUT2D eigenvalue weighted by Crippen LogP contribution is 2.26. The SMILES string of the molecule is Cc1ncc(Nc2nc(N[C@@H]3CCOC[C@@H]3NC(=O)OC(C)(C)C)c(F)cc2C#N)cc1-n1nccn1. The van der Waals surface area contributed by atoms with Crippen molar-refractivity contribution in [1.82, 2.24) is 30.3 Å². The summed E-state index contributed by atoms with van der Waals surface area (Å²) in [6.45, 7) is 7.76. The number of carbonyl (C=O) groups excluding carboxylic acids is 1. The van der Waals surface area contributed by atoms with Crippen molar-refractivity contribution in [2.75, 3.05) is 23.8 Å². The summed E-state index contributed by atoms with van der Waals surface area (Å²) >= 11 is 0. The number of alkyl carbamates (subject to hydrolysis) is 1. The van der Waals surface area contributed by atoms with E-state index in [0.29, 0.717) is 30.1 Å². The van der Waals surface area contributed by atoms with E-state index in [0.717, 1.165) is 6.07 Å². The Labute approximate surface area is 213 Å². The van der Waals surface area contributed by atoms with Gasteiger partial charge in [-0.2, -0.15) is 15.5 Å². The largest absolute Gasteiger partial charge is 0.444 e. The van der Waals surface area contributed by atoms with Gasteiger partial charge in [0.25, 0.3) is 0 Å². The number of hydrogen-bond donors (Lipinski definition) is 3. The summed E-state index contributed by atoms with van der Waals surface area (Å²) in [6.07, 6.45) is 4.56. The lowest BCUT2D eigenvalue weighted by atomic mass is 10.0. The first-order valence-electron chi connectivity index (χ1n) is 11.7. The zero-order valence-electron chi connectivity index (χ0n) is 20.9. The molecule has 4 heterocycles. The number of carbonyl (C=O) groups is 1. The molecule has 1 fully saturated rings. The molecule has 0 aliphatic carbocycles. The summed E-state index contributed by atoms with van der Waals surface area (Å²) < 4.78 is 25.8. The van der Waals surface area contributed by atoms with Crippen LogP contribution in [0.3, 0.4) is 0 Å². The zero-order chi connectivity index (χ0) is 26.6. The molecule has 3 N–H and O–H groups in total. The first-order chi connectivity index (χ1) is 17.6. The predicted octanol–water partition coefficient (Wildman–Crippen LogP) is 3.21. The van der Waals surface area contributed by atoms with Gasteiger partial charge in [-0.1, -0.05) is 0 Å². The highest BCUT2D eigenvalue weighted by molar-refractivity contribution is 5.69. The maximum absolute atomic E-state index is 14.9. The number of halogens is 1. The summed E-state index contributed by atoms with van der Waals surface area (Å²) in [4.78, 5) is 22.4. The van der Waals surface area contributed by atoms with E-state index in [1.807, 2.05) is 13.0 Å². The summed E-state index contributed by atoms with van der Waals surface area (Å²) in [5.41, 5.74) is 1.18. The molecule has 2 atom stereocenters. The number of aryl methyl sites for hydroxylation is 1.